The average Bonchev–Trinajstić information content (AvgIpc) is 3.31. The lowest BCUT2D eigenvalue weighted by Gasteiger charge is -2.36. The van der Waals surface area contributed by atoms with E-state index in [1.807, 2.05) is 30.3 Å². The van der Waals surface area contributed by atoms with Gasteiger partial charge in [-0.1, -0.05) is 35.0 Å². The molecule has 8 heteroatoms. The van der Waals surface area contributed by atoms with Gasteiger partial charge in [0.05, 0.1) is 0 Å². The average molecular weight is 419 g/mol. The maximum absolute atomic E-state index is 5.93. The molecule has 1 aliphatic heterocycles. The van der Waals surface area contributed by atoms with Gasteiger partial charge >= 0.3 is 0 Å². The fraction of sp³-hybridized carbons (Fsp3) is 0.182. The van der Waals surface area contributed by atoms with E-state index in [9.17, 15) is 0 Å². The summed E-state index contributed by atoms with van der Waals surface area (Å²) in [6.07, 6.45) is 0. The molecule has 1 saturated heterocycles. The monoisotopic (exact) mass is 418 g/mol. The summed E-state index contributed by atoms with van der Waals surface area (Å²) in [5, 5.41) is 13.4. The molecule has 0 radical (unpaired) electrons. The molecule has 0 N–H and O–H groups in total. The van der Waals surface area contributed by atoms with Crippen LogP contribution in [0.5, 0.6) is 0 Å². The minimum Gasteiger partial charge on any atom is -0.368 e. The van der Waals surface area contributed by atoms with Gasteiger partial charge in [0.2, 0.25) is 5.82 Å². The summed E-state index contributed by atoms with van der Waals surface area (Å²) in [4.78, 5) is 9.05. The normalized spacial score (nSPS) is 14.2. The van der Waals surface area contributed by atoms with Crippen molar-refractivity contribution in [3.8, 4) is 23.0 Å². The summed E-state index contributed by atoms with van der Waals surface area (Å²) in [6.45, 7) is 3.68. The number of rotatable bonds is 4. The first kappa shape index (κ1) is 18.6. The zero-order valence-corrected chi connectivity index (χ0v) is 16.9. The van der Waals surface area contributed by atoms with Crippen LogP contribution < -0.4 is 9.80 Å². The van der Waals surface area contributed by atoms with E-state index in [4.69, 9.17) is 16.1 Å². The molecule has 0 unspecified atom stereocenters. The van der Waals surface area contributed by atoms with E-state index in [2.05, 4.69) is 54.4 Å². The van der Waals surface area contributed by atoms with Crippen molar-refractivity contribution in [3.05, 3.63) is 71.8 Å². The summed E-state index contributed by atoms with van der Waals surface area (Å²) in [7, 11) is 0. The highest BCUT2D eigenvalue weighted by atomic mass is 35.5. The largest absolute Gasteiger partial charge is 0.368 e. The quantitative estimate of drug-likeness (QED) is 0.492. The Morgan fingerprint density at radius 2 is 1.50 bits per heavy atom. The third-order valence-corrected chi connectivity index (χ3v) is 5.38. The first-order chi connectivity index (χ1) is 14.8. The van der Waals surface area contributed by atoms with Crippen LogP contribution in [-0.4, -0.2) is 46.5 Å². The molecule has 2 aromatic heterocycles. The van der Waals surface area contributed by atoms with E-state index in [0.29, 0.717) is 22.4 Å². The number of hydrogen-bond donors (Lipinski definition) is 0. The maximum atomic E-state index is 5.93. The van der Waals surface area contributed by atoms with E-state index in [-0.39, 0.29) is 0 Å². The van der Waals surface area contributed by atoms with Crippen LogP contribution in [0, 0.1) is 0 Å². The van der Waals surface area contributed by atoms with Crippen LogP contribution in [0.25, 0.3) is 23.0 Å². The van der Waals surface area contributed by atoms with Gasteiger partial charge < -0.3 is 14.3 Å². The summed E-state index contributed by atoms with van der Waals surface area (Å²) in [6, 6.07) is 21.6. The molecule has 2 aromatic carbocycles. The van der Waals surface area contributed by atoms with Crippen LogP contribution in [0.15, 0.2) is 71.3 Å². The Labute approximate surface area is 178 Å². The molecule has 0 saturated carbocycles. The number of nitrogens with zero attached hydrogens (tertiary/aromatic N) is 6. The maximum Gasteiger partial charge on any atom is 0.278 e. The van der Waals surface area contributed by atoms with Crippen molar-refractivity contribution in [1.82, 2.24) is 20.3 Å². The number of piperazine rings is 1. The van der Waals surface area contributed by atoms with Gasteiger partial charge in [-0.15, -0.1) is 10.2 Å². The molecule has 1 aliphatic rings. The summed E-state index contributed by atoms with van der Waals surface area (Å²) in [5.74, 6) is 1.68. The molecule has 0 spiro atoms. The van der Waals surface area contributed by atoms with Crippen LogP contribution in [0.2, 0.25) is 5.02 Å². The van der Waals surface area contributed by atoms with Crippen LogP contribution in [0.3, 0.4) is 0 Å². The fourth-order valence-electron chi connectivity index (χ4n) is 3.48. The number of anilines is 2. The van der Waals surface area contributed by atoms with Crippen LogP contribution in [0.1, 0.15) is 0 Å². The predicted molar refractivity (Wildman–Crippen MR) is 117 cm³/mol. The Bertz CT molecular complexity index is 1110. The topological polar surface area (TPSA) is 71.2 Å². The number of benzene rings is 2. The number of para-hydroxylation sites is 1. The highest BCUT2D eigenvalue weighted by Gasteiger charge is 2.19. The third-order valence-electron chi connectivity index (χ3n) is 5.12. The zero-order chi connectivity index (χ0) is 20.3. The van der Waals surface area contributed by atoms with Crippen molar-refractivity contribution in [2.75, 3.05) is 36.0 Å². The van der Waals surface area contributed by atoms with Gasteiger partial charge in [-0.3, -0.25) is 0 Å². The minimum atomic E-state index is 0.341. The molecule has 0 aliphatic carbocycles. The van der Waals surface area contributed by atoms with Crippen LogP contribution in [-0.2, 0) is 0 Å². The van der Waals surface area contributed by atoms with Crippen molar-refractivity contribution in [3.63, 3.8) is 0 Å². The zero-order valence-electron chi connectivity index (χ0n) is 16.1. The van der Waals surface area contributed by atoms with E-state index < -0.39 is 0 Å². The molecule has 0 bridgehead atoms. The number of halogens is 1. The molecule has 5 rings (SSSR count). The van der Waals surface area contributed by atoms with Gasteiger partial charge in [0.1, 0.15) is 0 Å². The Balaban J connectivity index is 1.26. The van der Waals surface area contributed by atoms with Gasteiger partial charge in [-0.25, -0.2) is 0 Å². The number of hydrogen-bond acceptors (Lipinski definition) is 7. The van der Waals surface area contributed by atoms with Crippen LogP contribution >= 0.6 is 11.6 Å². The van der Waals surface area contributed by atoms with Gasteiger partial charge in [0.15, 0.2) is 11.5 Å². The Morgan fingerprint density at radius 1 is 0.767 bits per heavy atom. The highest BCUT2D eigenvalue weighted by Crippen LogP contribution is 2.24. The second kappa shape index (κ2) is 8.12. The molecular weight excluding hydrogens is 400 g/mol. The predicted octanol–water partition coefficient (Wildman–Crippen LogP) is 4.17. The lowest BCUT2D eigenvalue weighted by molar-refractivity contribution is 0.430. The van der Waals surface area contributed by atoms with Gasteiger partial charge in [0, 0.05) is 42.5 Å². The smallest absolute Gasteiger partial charge is 0.278 e. The molecular formula is C22H19ClN6O. The van der Waals surface area contributed by atoms with Crippen LogP contribution in [0.4, 0.5) is 11.5 Å². The second-order valence-corrected chi connectivity index (χ2v) is 7.45. The van der Waals surface area contributed by atoms with Crippen molar-refractivity contribution in [2.24, 2.45) is 0 Å². The molecule has 30 heavy (non-hydrogen) atoms. The highest BCUT2D eigenvalue weighted by molar-refractivity contribution is 6.30. The second-order valence-electron chi connectivity index (χ2n) is 7.02. The fourth-order valence-corrected chi connectivity index (χ4v) is 3.61. The third kappa shape index (κ3) is 3.84. The van der Waals surface area contributed by atoms with Crippen molar-refractivity contribution in [1.29, 1.82) is 0 Å². The first-order valence-corrected chi connectivity index (χ1v) is 10.1. The van der Waals surface area contributed by atoms with Crippen molar-refractivity contribution in [2.45, 2.75) is 0 Å². The minimum absolute atomic E-state index is 0.341. The molecule has 1 fully saturated rings. The van der Waals surface area contributed by atoms with Gasteiger partial charge in [0.25, 0.3) is 5.89 Å². The molecule has 150 valence electrons. The summed E-state index contributed by atoms with van der Waals surface area (Å²) >= 11 is 5.93. The molecule has 7 nitrogen and oxygen atoms in total. The molecule has 0 amide bonds. The Morgan fingerprint density at radius 3 is 2.20 bits per heavy atom. The number of aromatic nitrogens is 4. The first-order valence-electron chi connectivity index (χ1n) is 9.75. The SMILES string of the molecule is Clc1ccc(-c2noc(-c3ccc(N4CCN(c5ccccc5)CC4)nn3)n2)cc1. The molecule has 0 atom stereocenters. The van der Waals surface area contributed by atoms with Crippen molar-refractivity contribution >= 4 is 23.1 Å². The van der Waals surface area contributed by atoms with Gasteiger partial charge in [-0.05, 0) is 48.5 Å². The molecule has 3 heterocycles. The van der Waals surface area contributed by atoms with E-state index in [0.717, 1.165) is 37.6 Å². The molecule has 4 aromatic rings. The van der Waals surface area contributed by atoms with E-state index >= 15 is 0 Å². The van der Waals surface area contributed by atoms with E-state index in [1.165, 1.54) is 5.69 Å². The lowest BCUT2D eigenvalue weighted by atomic mass is 10.2. The van der Waals surface area contributed by atoms with Crippen molar-refractivity contribution < 1.29 is 4.52 Å². The standard InChI is InChI=1S/C22H19ClN6O/c23-17-8-6-16(7-9-17)21-24-22(30-27-21)19-10-11-20(26-25-19)29-14-12-28(13-15-29)18-4-2-1-3-5-18/h1-11H,12-15H2. The lowest BCUT2D eigenvalue weighted by Crippen LogP contribution is -2.46. The van der Waals surface area contributed by atoms with Gasteiger partial charge in [-0.2, -0.15) is 4.98 Å². The summed E-state index contributed by atoms with van der Waals surface area (Å²) < 4.78 is 5.37. The Hall–Kier alpha value is -3.45. The summed E-state index contributed by atoms with van der Waals surface area (Å²) in [5.41, 5.74) is 2.64. The Kier molecular flexibility index (Phi) is 5.03. The van der Waals surface area contributed by atoms with E-state index in [1.54, 1.807) is 12.1 Å².